The molecule has 54 heavy (non-hydrogen) atoms. The van der Waals surface area contributed by atoms with Gasteiger partial charge in [-0.05, 0) is 185 Å². The van der Waals surface area contributed by atoms with E-state index >= 15 is 0 Å². The SMILES string of the molecule is c1cc2c3c4c1Cc1ccc5c6c1B4C1[C@H]4C3c3c(ccc7c3[C@H]3c8c(ccc9c8B8c%10c(ccc%11c%10[C@H]%10c%12c(ccc(c%12C6[C@@H]1[C@H]%10C8C34)C5)C%11)C9)C7)C2. The lowest BCUT2D eigenvalue weighted by Crippen LogP contribution is -2.76. The largest absolute Gasteiger partial charge is 0.214 e. The topological polar surface area (TPSA) is 0 Å². The van der Waals surface area contributed by atoms with E-state index in [4.69, 9.17) is 0 Å². The van der Waals surface area contributed by atoms with Gasteiger partial charge >= 0.3 is 0 Å². The van der Waals surface area contributed by atoms with Crippen molar-refractivity contribution in [3.05, 3.63) is 184 Å². The Morgan fingerprint density at radius 3 is 0.722 bits per heavy atom. The van der Waals surface area contributed by atoms with Crippen LogP contribution in [-0.4, -0.2) is 13.4 Å². The number of rotatable bonds is 0. The van der Waals surface area contributed by atoms with Crippen molar-refractivity contribution in [3.8, 4) is 0 Å². The molecule has 0 aromatic heterocycles. The first-order valence-electron chi connectivity index (χ1n) is 21.7. The Bertz CT molecular complexity index is 2380. The molecule has 6 heterocycles. The van der Waals surface area contributed by atoms with Gasteiger partial charge in [0.1, 0.15) is 0 Å². The lowest BCUT2D eigenvalue weighted by molar-refractivity contribution is 0.0454. The Labute approximate surface area is 315 Å². The van der Waals surface area contributed by atoms with Gasteiger partial charge in [-0.15, -0.1) is 0 Å². The highest BCUT2D eigenvalue weighted by molar-refractivity contribution is 6.90. The van der Waals surface area contributed by atoms with Crippen LogP contribution < -0.4 is 21.9 Å². The van der Waals surface area contributed by atoms with E-state index in [-0.39, 0.29) is 0 Å². The van der Waals surface area contributed by atoms with Crippen LogP contribution in [0.15, 0.2) is 72.8 Å². The fourth-order valence-corrected chi connectivity index (χ4v) is 19.2. The summed E-state index contributed by atoms with van der Waals surface area (Å²) in [5, 5.41) is 0. The molecule has 7 aliphatic carbocycles. The first kappa shape index (κ1) is 25.5. The first-order valence-corrected chi connectivity index (χ1v) is 21.7. The molecule has 0 nitrogen and oxygen atoms in total. The van der Waals surface area contributed by atoms with Crippen LogP contribution >= 0.6 is 0 Å². The van der Waals surface area contributed by atoms with E-state index in [0.717, 1.165) is 73.8 Å². The number of hydrogen-bond acceptors (Lipinski definition) is 0. The molecule has 5 unspecified atom stereocenters. The second-order valence-electron chi connectivity index (χ2n) is 20.7. The summed E-state index contributed by atoms with van der Waals surface area (Å²) in [6.45, 7) is 1.18. The van der Waals surface area contributed by atoms with Gasteiger partial charge in [0.2, 0.25) is 13.4 Å². The van der Waals surface area contributed by atoms with Crippen molar-refractivity contribution in [2.45, 2.75) is 73.8 Å². The molecule has 2 heteroatoms. The van der Waals surface area contributed by atoms with Crippen molar-refractivity contribution >= 4 is 35.3 Å². The van der Waals surface area contributed by atoms with Crippen LogP contribution in [0.5, 0.6) is 0 Å². The van der Waals surface area contributed by atoms with Crippen LogP contribution in [-0.2, 0) is 38.5 Å². The molecule has 0 radical (unpaired) electrons. The maximum absolute atomic E-state index is 2.63. The average Bonchev–Trinajstić information content (AvgIpc) is 3.21. The Hall–Kier alpha value is -4.55. The third-order valence-electron chi connectivity index (χ3n) is 19.8. The maximum Gasteiger partial charge on any atom is 0.214 e. The van der Waals surface area contributed by atoms with E-state index in [2.05, 4.69) is 72.8 Å². The van der Waals surface area contributed by atoms with Crippen molar-refractivity contribution < 1.29 is 0 Å². The molecule has 10 atom stereocenters. The van der Waals surface area contributed by atoms with E-state index in [1.54, 1.807) is 66.8 Å². The molecule has 0 spiro atoms. The smallest absolute Gasteiger partial charge is 0.0663 e. The predicted molar refractivity (Wildman–Crippen MR) is 214 cm³/mol. The summed E-state index contributed by atoms with van der Waals surface area (Å²) >= 11 is 0. The van der Waals surface area contributed by atoms with Gasteiger partial charge in [-0.1, -0.05) is 94.6 Å². The summed E-state index contributed by atoms with van der Waals surface area (Å²) in [6.07, 6.45) is 6.86. The van der Waals surface area contributed by atoms with Crippen LogP contribution in [0.3, 0.4) is 0 Å². The van der Waals surface area contributed by atoms with Gasteiger partial charge < -0.3 is 0 Å². The van der Waals surface area contributed by atoms with Crippen molar-refractivity contribution in [2.24, 2.45) is 23.7 Å². The molecule has 0 bridgehead atoms. The predicted octanol–water partition coefficient (Wildman–Crippen LogP) is 6.46. The monoisotopic (exact) mass is 680 g/mol. The van der Waals surface area contributed by atoms with Crippen LogP contribution in [0.4, 0.5) is 0 Å². The van der Waals surface area contributed by atoms with Gasteiger partial charge in [0, 0.05) is 23.7 Å². The zero-order valence-electron chi connectivity index (χ0n) is 30.1. The van der Waals surface area contributed by atoms with E-state index in [1.807, 2.05) is 66.4 Å². The van der Waals surface area contributed by atoms with Gasteiger partial charge in [-0.3, -0.25) is 0 Å². The second kappa shape index (κ2) is 7.40. The molecule has 0 N–H and O–H groups in total. The molecular formula is C52H34B2. The molecule has 6 aromatic carbocycles. The summed E-state index contributed by atoms with van der Waals surface area (Å²) in [5.74, 6) is 6.74. The first-order chi connectivity index (χ1) is 26.8. The van der Waals surface area contributed by atoms with Gasteiger partial charge in [0.05, 0.1) is 0 Å². The lowest BCUT2D eigenvalue weighted by atomic mass is 9.10. The summed E-state index contributed by atoms with van der Waals surface area (Å²) in [7, 11) is 0. The van der Waals surface area contributed by atoms with Gasteiger partial charge in [0.25, 0.3) is 0 Å². The average molecular weight is 680 g/mol. The summed E-state index contributed by atoms with van der Waals surface area (Å²) in [5.41, 5.74) is 42.7. The Balaban J connectivity index is 1.08. The molecule has 248 valence electrons. The lowest BCUT2D eigenvalue weighted by Gasteiger charge is -2.73. The van der Waals surface area contributed by atoms with Crippen LogP contribution in [0, 0.1) is 23.7 Å². The molecule has 13 aliphatic rings. The molecule has 1 fully saturated rings. The summed E-state index contributed by atoms with van der Waals surface area (Å²) in [6, 6.07) is 31.5. The molecular weight excluding hydrogens is 646 g/mol. The minimum absolute atomic E-state index is 0.590. The highest BCUT2D eigenvalue weighted by Gasteiger charge is 2.75. The highest BCUT2D eigenvalue weighted by atomic mass is 14.7. The van der Waals surface area contributed by atoms with E-state index < -0.39 is 0 Å². The molecule has 0 saturated heterocycles. The Morgan fingerprint density at radius 2 is 0.463 bits per heavy atom. The van der Waals surface area contributed by atoms with Crippen LogP contribution in [0.2, 0.25) is 11.6 Å². The zero-order chi connectivity index (χ0) is 33.5. The third kappa shape index (κ3) is 2.17. The zero-order valence-corrected chi connectivity index (χ0v) is 30.1. The van der Waals surface area contributed by atoms with Gasteiger partial charge in [-0.25, -0.2) is 0 Å². The van der Waals surface area contributed by atoms with E-state index in [0.29, 0.717) is 37.1 Å². The second-order valence-corrected chi connectivity index (χ2v) is 20.7. The van der Waals surface area contributed by atoms with Gasteiger partial charge in [0.15, 0.2) is 0 Å². The molecule has 1 saturated carbocycles. The molecule has 6 aliphatic heterocycles. The highest BCUT2D eigenvalue weighted by Crippen LogP contribution is 2.79. The van der Waals surface area contributed by atoms with Crippen molar-refractivity contribution in [1.82, 2.24) is 0 Å². The Kier molecular flexibility index (Phi) is 3.49. The fraction of sp³-hybridized carbons (Fsp3) is 0.308. The van der Waals surface area contributed by atoms with Crippen molar-refractivity contribution in [3.63, 3.8) is 0 Å². The quantitative estimate of drug-likeness (QED) is 0.162. The Morgan fingerprint density at radius 1 is 0.259 bits per heavy atom. The third-order valence-corrected chi connectivity index (χ3v) is 19.8. The van der Waals surface area contributed by atoms with E-state index in [1.165, 1.54) is 0 Å². The van der Waals surface area contributed by atoms with Crippen LogP contribution in [0.25, 0.3) is 0 Å². The standard InChI is InChI=1S/C52H34B2/c1-2-20-14-24-6-10-28-18-30-12-8-26-16-22-4-3-21-15-25-7-11-29-17-27-9-5-23-13-19(1)31-32(20)40-36(24)48(28)54-50(30)38(26)42-34(22)33(21)41-37(25)49(29)53-47(27)35(23)39(31)43-44(40)52(54)46(42)45(41)51(43)53/h1-12,39-46,51-52H,13-18H2/t39-,40?,41+,42?,43+,44-,45?,46+,51?,52?/m1/s1. The van der Waals surface area contributed by atoms with E-state index in [9.17, 15) is 0 Å². The number of hydrogen-bond donors (Lipinski definition) is 0. The fourth-order valence-electron chi connectivity index (χ4n) is 19.2. The van der Waals surface area contributed by atoms with Crippen molar-refractivity contribution in [2.75, 3.05) is 0 Å². The molecule has 6 aromatic rings. The van der Waals surface area contributed by atoms with Crippen LogP contribution in [0.1, 0.15) is 135 Å². The summed E-state index contributed by atoms with van der Waals surface area (Å²) in [4.78, 5) is 0. The normalized spacial score (nSPS) is 33.8. The maximum atomic E-state index is 2.63. The minimum atomic E-state index is 0.590. The molecule has 19 rings (SSSR count). The van der Waals surface area contributed by atoms with Gasteiger partial charge in [-0.2, -0.15) is 0 Å². The minimum Gasteiger partial charge on any atom is -0.0663 e. The summed E-state index contributed by atoms with van der Waals surface area (Å²) < 4.78 is 0. The molecule has 0 amide bonds. The van der Waals surface area contributed by atoms with Crippen molar-refractivity contribution in [1.29, 1.82) is 0 Å². The number of benzene rings is 6.